The summed E-state index contributed by atoms with van der Waals surface area (Å²) in [6.07, 6.45) is 5.37. The molecule has 3 aromatic rings. The van der Waals surface area contributed by atoms with Gasteiger partial charge >= 0.3 is 5.76 Å². The fraction of sp³-hybridized carbons (Fsp3) is 0.476. The number of oxazole rings is 1. The Morgan fingerprint density at radius 1 is 1.10 bits per heavy atom. The van der Waals surface area contributed by atoms with Gasteiger partial charge in [-0.2, -0.15) is 9.40 Å². The van der Waals surface area contributed by atoms with Crippen molar-refractivity contribution in [2.45, 2.75) is 50.0 Å². The van der Waals surface area contributed by atoms with Crippen molar-refractivity contribution < 1.29 is 12.8 Å². The average molecular weight is 445 g/mol. The number of hydrogen-bond acceptors (Lipinski definition) is 6. The van der Waals surface area contributed by atoms with Gasteiger partial charge in [-0.3, -0.25) is 9.78 Å². The van der Waals surface area contributed by atoms with E-state index in [9.17, 15) is 18.0 Å². The van der Waals surface area contributed by atoms with E-state index >= 15 is 0 Å². The van der Waals surface area contributed by atoms with Crippen LogP contribution in [-0.2, 0) is 29.4 Å². The Bertz CT molecular complexity index is 1350. The molecule has 164 valence electrons. The monoisotopic (exact) mass is 444 g/mol. The molecule has 0 unspecified atom stereocenters. The highest BCUT2D eigenvalue weighted by molar-refractivity contribution is 7.89. The molecule has 0 radical (unpaired) electrons. The molecule has 0 amide bonds. The quantitative estimate of drug-likeness (QED) is 0.654. The molecule has 31 heavy (non-hydrogen) atoms. The maximum Gasteiger partial charge on any atom is 0.417 e. The largest absolute Gasteiger partial charge is 0.417 e. The second kappa shape index (κ2) is 7.76. The summed E-state index contributed by atoms with van der Waals surface area (Å²) in [6.45, 7) is 1.28. The molecule has 1 aromatic carbocycles. The second-order valence-corrected chi connectivity index (χ2v) is 10.3. The molecule has 9 nitrogen and oxygen atoms in total. The van der Waals surface area contributed by atoms with Crippen LogP contribution in [0, 0.1) is 5.92 Å². The van der Waals surface area contributed by atoms with Crippen LogP contribution in [0.2, 0.25) is 0 Å². The standard InChI is InChI=1S/C21H24N4O5S/c26-20-11-15-3-1-2-4-17(15)23-25(20)13-14-7-9-24(10-8-14)31(28,29)16-5-6-19-18(12-16)22-21(27)30-19/h5-6,11-12,14H,1-4,7-10,13H2,(H,22,27). The summed E-state index contributed by atoms with van der Waals surface area (Å²) in [4.78, 5) is 26.4. The van der Waals surface area contributed by atoms with Crippen molar-refractivity contribution in [2.75, 3.05) is 13.1 Å². The molecule has 1 aliphatic carbocycles. The number of hydrogen-bond donors (Lipinski definition) is 1. The third-order valence-electron chi connectivity index (χ3n) is 6.31. The van der Waals surface area contributed by atoms with E-state index in [1.54, 1.807) is 10.7 Å². The molecule has 5 rings (SSSR count). The fourth-order valence-corrected chi connectivity index (χ4v) is 6.05. The first kappa shape index (κ1) is 20.2. The van der Waals surface area contributed by atoms with Crippen LogP contribution >= 0.6 is 0 Å². The number of benzene rings is 1. The fourth-order valence-electron chi connectivity index (χ4n) is 4.55. The number of sulfonamides is 1. The number of aromatic nitrogens is 3. The zero-order valence-corrected chi connectivity index (χ0v) is 17.9. The molecule has 0 bridgehead atoms. The van der Waals surface area contributed by atoms with Gasteiger partial charge in [-0.15, -0.1) is 0 Å². The molecule has 1 fully saturated rings. The van der Waals surface area contributed by atoms with Gasteiger partial charge < -0.3 is 4.42 Å². The number of rotatable bonds is 4. The van der Waals surface area contributed by atoms with Gasteiger partial charge in [-0.1, -0.05) is 0 Å². The minimum Gasteiger partial charge on any atom is -0.408 e. The topological polar surface area (TPSA) is 118 Å². The highest BCUT2D eigenvalue weighted by Crippen LogP contribution is 2.26. The van der Waals surface area contributed by atoms with E-state index in [2.05, 4.69) is 10.1 Å². The smallest absolute Gasteiger partial charge is 0.408 e. The lowest BCUT2D eigenvalue weighted by molar-refractivity contribution is 0.243. The molecule has 0 saturated carbocycles. The van der Waals surface area contributed by atoms with Crippen LogP contribution < -0.4 is 11.3 Å². The maximum absolute atomic E-state index is 13.1. The van der Waals surface area contributed by atoms with Crippen LogP contribution in [-0.4, -0.2) is 40.6 Å². The van der Waals surface area contributed by atoms with E-state index in [0.29, 0.717) is 43.6 Å². The van der Waals surface area contributed by atoms with Gasteiger partial charge in [0.25, 0.3) is 5.56 Å². The lowest BCUT2D eigenvalue weighted by Gasteiger charge is -2.31. The Labute approximate surface area is 178 Å². The highest BCUT2D eigenvalue weighted by Gasteiger charge is 2.30. The summed E-state index contributed by atoms with van der Waals surface area (Å²) in [5, 5.41) is 4.59. The summed E-state index contributed by atoms with van der Waals surface area (Å²) in [5.41, 5.74) is 2.71. The Morgan fingerprint density at radius 3 is 2.68 bits per heavy atom. The van der Waals surface area contributed by atoms with Crippen molar-refractivity contribution >= 4 is 21.1 Å². The number of H-pyrrole nitrogens is 1. The third kappa shape index (κ3) is 3.85. The zero-order chi connectivity index (χ0) is 21.6. The van der Waals surface area contributed by atoms with Gasteiger partial charge in [0.1, 0.15) is 0 Å². The molecule has 2 aliphatic rings. The molecule has 1 saturated heterocycles. The van der Waals surface area contributed by atoms with E-state index in [0.717, 1.165) is 36.9 Å². The number of piperidine rings is 1. The molecule has 0 atom stereocenters. The number of aryl methyl sites for hydroxylation is 2. The van der Waals surface area contributed by atoms with Gasteiger partial charge in [-0.25, -0.2) is 17.9 Å². The van der Waals surface area contributed by atoms with Crippen molar-refractivity contribution in [3.8, 4) is 0 Å². The van der Waals surface area contributed by atoms with Crippen LogP contribution in [0.15, 0.2) is 43.2 Å². The summed E-state index contributed by atoms with van der Waals surface area (Å²) in [7, 11) is -3.68. The first-order valence-electron chi connectivity index (χ1n) is 10.6. The molecule has 3 heterocycles. The normalized spacial score (nSPS) is 18.3. The molecule has 1 N–H and O–H groups in total. The number of aromatic amines is 1. The summed E-state index contributed by atoms with van der Waals surface area (Å²) in [6, 6.07) is 6.09. The van der Waals surface area contributed by atoms with Gasteiger partial charge in [-0.05, 0) is 68.2 Å². The van der Waals surface area contributed by atoms with E-state index < -0.39 is 15.8 Å². The van der Waals surface area contributed by atoms with Gasteiger partial charge in [0.15, 0.2) is 5.58 Å². The second-order valence-electron chi connectivity index (χ2n) is 8.36. The van der Waals surface area contributed by atoms with Crippen molar-refractivity contribution in [1.29, 1.82) is 0 Å². The molecular weight excluding hydrogens is 420 g/mol. The highest BCUT2D eigenvalue weighted by atomic mass is 32.2. The summed E-state index contributed by atoms with van der Waals surface area (Å²) < 4.78 is 34.1. The Balaban J connectivity index is 1.28. The average Bonchev–Trinajstić information content (AvgIpc) is 3.14. The van der Waals surface area contributed by atoms with Gasteiger partial charge in [0.05, 0.1) is 16.1 Å². The lowest BCUT2D eigenvalue weighted by atomic mass is 9.96. The van der Waals surface area contributed by atoms with Crippen molar-refractivity contribution in [2.24, 2.45) is 5.92 Å². The number of nitrogens with one attached hydrogen (secondary N) is 1. The van der Waals surface area contributed by atoms with Crippen LogP contribution in [0.4, 0.5) is 0 Å². The van der Waals surface area contributed by atoms with E-state index in [4.69, 9.17) is 4.42 Å². The molecule has 0 spiro atoms. The molecule has 10 heteroatoms. The Hall–Kier alpha value is -2.72. The zero-order valence-electron chi connectivity index (χ0n) is 17.0. The maximum atomic E-state index is 13.1. The predicted octanol–water partition coefficient (Wildman–Crippen LogP) is 1.66. The van der Waals surface area contributed by atoms with Crippen LogP contribution in [0.25, 0.3) is 11.1 Å². The molecule has 2 aromatic heterocycles. The minimum absolute atomic E-state index is 0.0712. The van der Waals surface area contributed by atoms with E-state index in [1.165, 1.54) is 22.5 Å². The molecular formula is C21H24N4O5S. The van der Waals surface area contributed by atoms with Crippen LogP contribution in [0.5, 0.6) is 0 Å². The number of fused-ring (bicyclic) bond motifs is 2. The Morgan fingerprint density at radius 2 is 1.87 bits per heavy atom. The number of nitrogens with zero attached hydrogens (tertiary/aromatic N) is 3. The summed E-state index contributed by atoms with van der Waals surface area (Å²) >= 11 is 0. The lowest BCUT2D eigenvalue weighted by Crippen LogP contribution is -2.40. The van der Waals surface area contributed by atoms with Gasteiger partial charge in [0.2, 0.25) is 10.0 Å². The third-order valence-corrected chi connectivity index (χ3v) is 8.20. The van der Waals surface area contributed by atoms with Crippen LogP contribution in [0.1, 0.15) is 36.9 Å². The predicted molar refractivity (Wildman–Crippen MR) is 113 cm³/mol. The first-order valence-corrected chi connectivity index (χ1v) is 12.1. The Kier molecular flexibility index (Phi) is 5.05. The SMILES string of the molecule is O=c1[nH]c2cc(S(=O)(=O)N3CCC(Cn4nc5c(cc4=O)CCCC5)CC3)ccc2o1. The van der Waals surface area contributed by atoms with Crippen molar-refractivity contribution in [3.63, 3.8) is 0 Å². The van der Waals surface area contributed by atoms with E-state index in [1.807, 2.05) is 0 Å². The van der Waals surface area contributed by atoms with Crippen molar-refractivity contribution in [1.82, 2.24) is 19.1 Å². The minimum atomic E-state index is -3.68. The molecule has 1 aliphatic heterocycles. The summed E-state index contributed by atoms with van der Waals surface area (Å²) in [5.74, 6) is -0.414. The van der Waals surface area contributed by atoms with Gasteiger partial charge in [0, 0.05) is 25.7 Å². The van der Waals surface area contributed by atoms with Crippen LogP contribution in [0.3, 0.4) is 0 Å². The first-order chi connectivity index (χ1) is 14.9. The van der Waals surface area contributed by atoms with E-state index in [-0.39, 0.29) is 16.4 Å². The van der Waals surface area contributed by atoms with Crippen molar-refractivity contribution in [3.05, 3.63) is 56.4 Å².